The lowest BCUT2D eigenvalue weighted by Gasteiger charge is -2.28. The Bertz CT molecular complexity index is 467. The van der Waals surface area contributed by atoms with Crippen LogP contribution in [0.25, 0.3) is 5.65 Å². The molecular formula is C13H16BrN3. The van der Waals surface area contributed by atoms with Crippen LogP contribution in [0.1, 0.15) is 18.5 Å². The molecule has 2 aromatic heterocycles. The Morgan fingerprint density at radius 2 is 2.12 bits per heavy atom. The third-order valence-corrected chi connectivity index (χ3v) is 4.23. The highest BCUT2D eigenvalue weighted by atomic mass is 79.9. The van der Waals surface area contributed by atoms with Gasteiger partial charge in [0.25, 0.3) is 0 Å². The van der Waals surface area contributed by atoms with Crippen molar-refractivity contribution in [2.24, 2.45) is 0 Å². The summed E-state index contributed by atoms with van der Waals surface area (Å²) in [5.41, 5.74) is 2.21. The number of nitrogens with zero attached hydrogens (tertiary/aromatic N) is 3. The molecule has 0 bridgehead atoms. The van der Waals surface area contributed by atoms with E-state index in [0.717, 1.165) is 12.2 Å². The van der Waals surface area contributed by atoms with Gasteiger partial charge in [0.15, 0.2) is 0 Å². The van der Waals surface area contributed by atoms with E-state index in [1.807, 2.05) is 18.2 Å². The molecule has 0 N–H and O–H groups in total. The molecule has 0 radical (unpaired) electrons. The largest absolute Gasteiger partial charge is 0.307 e. The molecule has 1 aliphatic heterocycles. The zero-order valence-electron chi connectivity index (χ0n) is 9.72. The number of rotatable bonds is 2. The van der Waals surface area contributed by atoms with Crippen LogP contribution in [0.15, 0.2) is 30.6 Å². The van der Waals surface area contributed by atoms with Gasteiger partial charge in [0.05, 0.1) is 5.69 Å². The zero-order valence-corrected chi connectivity index (χ0v) is 11.3. The van der Waals surface area contributed by atoms with Crippen LogP contribution in [-0.4, -0.2) is 32.2 Å². The number of imidazole rings is 1. The van der Waals surface area contributed by atoms with Gasteiger partial charge in [-0.2, -0.15) is 0 Å². The molecule has 0 aliphatic carbocycles. The molecule has 0 amide bonds. The van der Waals surface area contributed by atoms with Crippen LogP contribution in [0, 0.1) is 0 Å². The maximum absolute atomic E-state index is 4.64. The van der Waals surface area contributed by atoms with E-state index >= 15 is 0 Å². The molecule has 0 saturated carbocycles. The fourth-order valence-electron chi connectivity index (χ4n) is 2.35. The summed E-state index contributed by atoms with van der Waals surface area (Å²) in [6.07, 6.45) is 6.67. The zero-order chi connectivity index (χ0) is 11.7. The van der Waals surface area contributed by atoms with E-state index in [9.17, 15) is 0 Å². The van der Waals surface area contributed by atoms with E-state index in [4.69, 9.17) is 0 Å². The smallest absolute Gasteiger partial charge is 0.137 e. The minimum absolute atomic E-state index is 0.708. The second kappa shape index (κ2) is 4.78. The van der Waals surface area contributed by atoms with Crippen LogP contribution in [0.3, 0.4) is 0 Å². The maximum atomic E-state index is 4.64. The normalized spacial score (nSPS) is 18.9. The number of alkyl halides is 1. The predicted octanol–water partition coefficient (Wildman–Crippen LogP) is 2.69. The minimum Gasteiger partial charge on any atom is -0.307 e. The molecule has 17 heavy (non-hydrogen) atoms. The summed E-state index contributed by atoms with van der Waals surface area (Å²) in [4.78, 5) is 7.83. The van der Waals surface area contributed by atoms with Crippen molar-refractivity contribution in [3.05, 3.63) is 36.3 Å². The van der Waals surface area contributed by atoms with Crippen molar-refractivity contribution in [1.82, 2.24) is 14.3 Å². The van der Waals surface area contributed by atoms with Crippen molar-refractivity contribution in [1.29, 1.82) is 0 Å². The molecule has 0 atom stereocenters. The number of aromatic nitrogens is 2. The quantitative estimate of drug-likeness (QED) is 0.794. The average Bonchev–Trinajstić information content (AvgIpc) is 2.74. The van der Waals surface area contributed by atoms with Crippen molar-refractivity contribution >= 4 is 21.6 Å². The third kappa shape index (κ3) is 2.53. The fraction of sp³-hybridized carbons (Fsp3) is 0.462. The lowest BCUT2D eigenvalue weighted by Crippen LogP contribution is -2.33. The van der Waals surface area contributed by atoms with E-state index in [2.05, 4.69) is 42.6 Å². The Balaban J connectivity index is 1.72. The summed E-state index contributed by atoms with van der Waals surface area (Å²) >= 11 is 3.68. The number of pyridine rings is 1. The van der Waals surface area contributed by atoms with Gasteiger partial charge in [0.1, 0.15) is 5.65 Å². The molecule has 1 fully saturated rings. The molecule has 1 aliphatic rings. The van der Waals surface area contributed by atoms with Gasteiger partial charge >= 0.3 is 0 Å². The summed E-state index contributed by atoms with van der Waals surface area (Å²) < 4.78 is 2.09. The SMILES string of the molecule is BrC1CCN(Cc2cn3ccccc3n2)CC1. The molecule has 1 saturated heterocycles. The first-order valence-corrected chi connectivity index (χ1v) is 7.02. The Kier molecular flexibility index (Phi) is 3.16. The monoisotopic (exact) mass is 293 g/mol. The van der Waals surface area contributed by atoms with Crippen molar-refractivity contribution in [2.75, 3.05) is 13.1 Å². The Morgan fingerprint density at radius 3 is 2.88 bits per heavy atom. The topological polar surface area (TPSA) is 20.5 Å². The summed E-state index contributed by atoms with van der Waals surface area (Å²) in [6, 6.07) is 6.12. The average molecular weight is 294 g/mol. The molecule has 0 unspecified atom stereocenters. The predicted molar refractivity (Wildman–Crippen MR) is 72.4 cm³/mol. The lowest BCUT2D eigenvalue weighted by molar-refractivity contribution is 0.224. The van der Waals surface area contributed by atoms with E-state index in [-0.39, 0.29) is 0 Å². The highest BCUT2D eigenvalue weighted by molar-refractivity contribution is 9.09. The van der Waals surface area contributed by atoms with Gasteiger partial charge < -0.3 is 4.40 Å². The number of piperidine rings is 1. The van der Waals surface area contributed by atoms with Gasteiger partial charge in [-0.05, 0) is 38.1 Å². The number of halogens is 1. The highest BCUT2D eigenvalue weighted by Gasteiger charge is 2.17. The van der Waals surface area contributed by atoms with Gasteiger partial charge in [-0.3, -0.25) is 4.90 Å². The van der Waals surface area contributed by atoms with Crippen molar-refractivity contribution in [2.45, 2.75) is 24.2 Å². The van der Waals surface area contributed by atoms with Gasteiger partial charge in [-0.25, -0.2) is 4.98 Å². The maximum Gasteiger partial charge on any atom is 0.137 e. The second-order valence-electron chi connectivity index (χ2n) is 4.65. The second-order valence-corrected chi connectivity index (χ2v) is 5.94. The Hall–Kier alpha value is -0.870. The molecule has 0 spiro atoms. The van der Waals surface area contributed by atoms with Gasteiger partial charge in [-0.15, -0.1) is 0 Å². The van der Waals surface area contributed by atoms with Crippen LogP contribution >= 0.6 is 15.9 Å². The van der Waals surface area contributed by atoms with Gasteiger partial charge in [-0.1, -0.05) is 22.0 Å². The number of hydrogen-bond acceptors (Lipinski definition) is 2. The van der Waals surface area contributed by atoms with Crippen LogP contribution < -0.4 is 0 Å². The lowest BCUT2D eigenvalue weighted by atomic mass is 10.1. The molecular weight excluding hydrogens is 278 g/mol. The van der Waals surface area contributed by atoms with Crippen LogP contribution in [0.5, 0.6) is 0 Å². The molecule has 3 heterocycles. The molecule has 2 aromatic rings. The van der Waals surface area contributed by atoms with E-state index in [1.54, 1.807) is 0 Å². The molecule has 90 valence electrons. The molecule has 3 nitrogen and oxygen atoms in total. The van der Waals surface area contributed by atoms with Crippen LogP contribution in [0.4, 0.5) is 0 Å². The number of hydrogen-bond donors (Lipinski definition) is 0. The standard InChI is InChI=1S/C13H16BrN3/c14-11-4-7-16(8-5-11)9-12-10-17-6-2-1-3-13(17)15-12/h1-3,6,10-11H,4-5,7-9H2. The van der Waals surface area contributed by atoms with E-state index in [1.165, 1.54) is 31.6 Å². The summed E-state index contributed by atoms with van der Waals surface area (Å²) in [7, 11) is 0. The van der Waals surface area contributed by atoms with Crippen molar-refractivity contribution in [3.8, 4) is 0 Å². The van der Waals surface area contributed by atoms with E-state index < -0.39 is 0 Å². The Morgan fingerprint density at radius 1 is 1.29 bits per heavy atom. The van der Waals surface area contributed by atoms with Crippen LogP contribution in [0.2, 0.25) is 0 Å². The highest BCUT2D eigenvalue weighted by Crippen LogP contribution is 2.19. The number of fused-ring (bicyclic) bond motifs is 1. The molecule has 3 rings (SSSR count). The third-order valence-electron chi connectivity index (χ3n) is 3.32. The van der Waals surface area contributed by atoms with Gasteiger partial charge in [0, 0.05) is 23.8 Å². The van der Waals surface area contributed by atoms with Gasteiger partial charge in [0.2, 0.25) is 0 Å². The van der Waals surface area contributed by atoms with Crippen molar-refractivity contribution < 1.29 is 0 Å². The van der Waals surface area contributed by atoms with Crippen molar-refractivity contribution in [3.63, 3.8) is 0 Å². The summed E-state index contributed by atoms with van der Waals surface area (Å²) in [5.74, 6) is 0. The first kappa shape index (κ1) is 11.2. The summed E-state index contributed by atoms with van der Waals surface area (Å²) in [5, 5.41) is 0. The first-order chi connectivity index (χ1) is 8.31. The molecule has 0 aromatic carbocycles. The first-order valence-electron chi connectivity index (χ1n) is 6.10. The molecule has 4 heteroatoms. The Labute approximate surface area is 110 Å². The minimum atomic E-state index is 0.708. The van der Waals surface area contributed by atoms with E-state index in [0.29, 0.717) is 4.83 Å². The fourth-order valence-corrected chi connectivity index (χ4v) is 2.76. The van der Waals surface area contributed by atoms with Crippen LogP contribution in [-0.2, 0) is 6.54 Å². The summed E-state index contributed by atoms with van der Waals surface area (Å²) in [6.45, 7) is 3.31. The number of likely N-dealkylation sites (tertiary alicyclic amines) is 1.